The van der Waals surface area contributed by atoms with Gasteiger partial charge in [-0.1, -0.05) is 0 Å². The topological polar surface area (TPSA) is 55.1 Å². The van der Waals surface area contributed by atoms with Crippen LogP contribution < -0.4 is 5.32 Å². The van der Waals surface area contributed by atoms with Crippen molar-refractivity contribution in [3.05, 3.63) is 33.7 Å². The second-order valence-electron chi connectivity index (χ2n) is 4.88. The van der Waals surface area contributed by atoms with Crippen LogP contribution in [0.1, 0.15) is 45.3 Å². The van der Waals surface area contributed by atoms with Crippen LogP contribution in [0.5, 0.6) is 0 Å². The predicted octanol–water partition coefficient (Wildman–Crippen LogP) is 3.48. The Morgan fingerprint density at radius 2 is 2.16 bits per heavy atom. The molecule has 100 valence electrons. The SMILES string of the molecule is Cc1cc(C(=O)Nc2nc3c(s2)CCCC3)c(C)o1. The number of aryl methyl sites for hydroxylation is 4. The van der Waals surface area contributed by atoms with Crippen LogP contribution in [0, 0.1) is 13.8 Å². The Hall–Kier alpha value is -1.62. The summed E-state index contributed by atoms with van der Waals surface area (Å²) in [7, 11) is 0. The second-order valence-corrected chi connectivity index (χ2v) is 5.96. The van der Waals surface area contributed by atoms with Crippen LogP contribution in [0.4, 0.5) is 5.13 Å². The van der Waals surface area contributed by atoms with E-state index in [1.807, 2.05) is 6.92 Å². The third kappa shape index (κ3) is 2.42. The summed E-state index contributed by atoms with van der Waals surface area (Å²) < 4.78 is 5.38. The molecule has 0 atom stereocenters. The van der Waals surface area contributed by atoms with Gasteiger partial charge in [0.15, 0.2) is 5.13 Å². The third-order valence-corrected chi connectivity index (χ3v) is 4.42. The third-order valence-electron chi connectivity index (χ3n) is 3.35. The molecular formula is C14H16N2O2S. The van der Waals surface area contributed by atoms with Crippen LogP contribution in [0.2, 0.25) is 0 Å². The van der Waals surface area contributed by atoms with Crippen molar-refractivity contribution in [2.45, 2.75) is 39.5 Å². The van der Waals surface area contributed by atoms with Crippen LogP contribution in [0.3, 0.4) is 0 Å². The van der Waals surface area contributed by atoms with Gasteiger partial charge < -0.3 is 4.42 Å². The molecule has 0 bridgehead atoms. The first-order chi connectivity index (χ1) is 9.13. The van der Waals surface area contributed by atoms with Gasteiger partial charge in [-0.25, -0.2) is 4.98 Å². The first-order valence-electron chi connectivity index (χ1n) is 6.50. The van der Waals surface area contributed by atoms with Crippen molar-refractivity contribution in [2.75, 3.05) is 5.32 Å². The van der Waals surface area contributed by atoms with Crippen LogP contribution in [0.15, 0.2) is 10.5 Å². The molecule has 0 aromatic carbocycles. The average molecular weight is 276 g/mol. The summed E-state index contributed by atoms with van der Waals surface area (Å²) in [6, 6.07) is 1.76. The van der Waals surface area contributed by atoms with Crippen molar-refractivity contribution >= 4 is 22.4 Å². The van der Waals surface area contributed by atoms with E-state index >= 15 is 0 Å². The fourth-order valence-corrected chi connectivity index (χ4v) is 3.47. The highest BCUT2D eigenvalue weighted by molar-refractivity contribution is 7.15. The van der Waals surface area contributed by atoms with Gasteiger partial charge in [-0.15, -0.1) is 11.3 Å². The lowest BCUT2D eigenvalue weighted by atomic mass is 10.0. The number of carbonyl (C=O) groups excluding carboxylic acids is 1. The minimum absolute atomic E-state index is 0.138. The Morgan fingerprint density at radius 1 is 1.37 bits per heavy atom. The van der Waals surface area contributed by atoms with Gasteiger partial charge in [-0.3, -0.25) is 10.1 Å². The fraction of sp³-hybridized carbons (Fsp3) is 0.429. The molecule has 0 saturated carbocycles. The Labute approximate surface area is 115 Å². The van der Waals surface area contributed by atoms with E-state index in [0.29, 0.717) is 16.5 Å². The number of nitrogens with one attached hydrogen (secondary N) is 1. The van der Waals surface area contributed by atoms with Gasteiger partial charge in [0.1, 0.15) is 11.5 Å². The van der Waals surface area contributed by atoms with Gasteiger partial charge in [0, 0.05) is 4.88 Å². The molecule has 19 heavy (non-hydrogen) atoms. The highest BCUT2D eigenvalue weighted by Crippen LogP contribution is 2.30. The Bertz CT molecular complexity index is 604. The van der Waals surface area contributed by atoms with Gasteiger partial charge in [0.25, 0.3) is 5.91 Å². The molecule has 0 radical (unpaired) electrons. The molecule has 1 aliphatic carbocycles. The number of aromatic nitrogens is 1. The van der Waals surface area contributed by atoms with Gasteiger partial charge in [0.2, 0.25) is 0 Å². The molecule has 0 fully saturated rings. The standard InChI is InChI=1S/C14H16N2O2S/c1-8-7-10(9(2)18-8)13(17)16-14-15-11-5-3-4-6-12(11)19-14/h7H,3-6H2,1-2H3,(H,15,16,17). The van der Waals surface area contributed by atoms with E-state index in [4.69, 9.17) is 4.42 Å². The molecule has 1 N–H and O–H groups in total. The quantitative estimate of drug-likeness (QED) is 0.913. The number of rotatable bonds is 2. The number of anilines is 1. The van der Waals surface area contributed by atoms with E-state index in [0.717, 1.165) is 24.3 Å². The minimum atomic E-state index is -0.138. The molecule has 0 spiro atoms. The molecular weight excluding hydrogens is 260 g/mol. The van der Waals surface area contributed by atoms with Crippen molar-refractivity contribution in [1.82, 2.24) is 4.98 Å². The summed E-state index contributed by atoms with van der Waals surface area (Å²) in [6.45, 7) is 3.64. The number of fused-ring (bicyclic) bond motifs is 1. The lowest BCUT2D eigenvalue weighted by Crippen LogP contribution is -2.12. The minimum Gasteiger partial charge on any atom is -0.466 e. The van der Waals surface area contributed by atoms with Crippen molar-refractivity contribution in [2.24, 2.45) is 0 Å². The van der Waals surface area contributed by atoms with Crippen LogP contribution in [0.25, 0.3) is 0 Å². The number of nitrogens with zero attached hydrogens (tertiary/aromatic N) is 1. The molecule has 2 aromatic rings. The predicted molar refractivity (Wildman–Crippen MR) is 74.9 cm³/mol. The van der Waals surface area contributed by atoms with Crippen molar-refractivity contribution < 1.29 is 9.21 Å². The first-order valence-corrected chi connectivity index (χ1v) is 7.32. The van der Waals surface area contributed by atoms with Gasteiger partial charge in [-0.2, -0.15) is 0 Å². The zero-order valence-corrected chi connectivity index (χ0v) is 11.9. The zero-order chi connectivity index (χ0) is 13.4. The van der Waals surface area contributed by atoms with Gasteiger partial charge >= 0.3 is 0 Å². The van der Waals surface area contributed by atoms with E-state index in [-0.39, 0.29) is 5.91 Å². The van der Waals surface area contributed by atoms with Crippen LogP contribution in [-0.4, -0.2) is 10.9 Å². The molecule has 2 aromatic heterocycles. The Morgan fingerprint density at radius 3 is 2.84 bits per heavy atom. The molecule has 1 amide bonds. The molecule has 4 nitrogen and oxygen atoms in total. The van der Waals surface area contributed by atoms with Gasteiger partial charge in [0.05, 0.1) is 11.3 Å². The van der Waals surface area contributed by atoms with E-state index in [1.54, 1.807) is 24.3 Å². The maximum absolute atomic E-state index is 12.2. The van der Waals surface area contributed by atoms with Crippen LogP contribution >= 0.6 is 11.3 Å². The highest BCUT2D eigenvalue weighted by atomic mass is 32.1. The normalized spacial score (nSPS) is 14.2. The number of carbonyl (C=O) groups is 1. The van der Waals surface area contributed by atoms with E-state index < -0.39 is 0 Å². The largest absolute Gasteiger partial charge is 0.466 e. The highest BCUT2D eigenvalue weighted by Gasteiger charge is 2.18. The molecule has 1 aliphatic rings. The van der Waals surface area contributed by atoms with E-state index in [1.165, 1.54) is 17.7 Å². The number of hydrogen-bond donors (Lipinski definition) is 1. The maximum atomic E-state index is 12.2. The molecule has 0 aliphatic heterocycles. The monoisotopic (exact) mass is 276 g/mol. The average Bonchev–Trinajstić information content (AvgIpc) is 2.91. The van der Waals surface area contributed by atoms with E-state index in [9.17, 15) is 4.79 Å². The Kier molecular flexibility index (Phi) is 3.14. The first kappa shape index (κ1) is 12.4. The molecule has 0 saturated heterocycles. The number of amides is 1. The molecule has 5 heteroatoms. The summed E-state index contributed by atoms with van der Waals surface area (Å²) in [6.07, 6.45) is 4.55. The van der Waals surface area contributed by atoms with Crippen LogP contribution in [-0.2, 0) is 12.8 Å². The van der Waals surface area contributed by atoms with Crippen molar-refractivity contribution in [3.63, 3.8) is 0 Å². The molecule has 2 heterocycles. The second kappa shape index (κ2) is 4.81. The summed E-state index contributed by atoms with van der Waals surface area (Å²) in [5.74, 6) is 1.26. The van der Waals surface area contributed by atoms with E-state index in [2.05, 4.69) is 10.3 Å². The lowest BCUT2D eigenvalue weighted by Gasteiger charge is -2.06. The molecule has 3 rings (SSSR count). The zero-order valence-electron chi connectivity index (χ0n) is 11.1. The summed E-state index contributed by atoms with van der Waals surface area (Å²) >= 11 is 1.60. The van der Waals surface area contributed by atoms with Crippen molar-refractivity contribution in [1.29, 1.82) is 0 Å². The smallest absolute Gasteiger partial charge is 0.260 e. The molecule has 0 unspecified atom stereocenters. The van der Waals surface area contributed by atoms with Gasteiger partial charge in [-0.05, 0) is 45.6 Å². The number of hydrogen-bond acceptors (Lipinski definition) is 4. The maximum Gasteiger partial charge on any atom is 0.260 e. The summed E-state index contributed by atoms with van der Waals surface area (Å²) in [5.41, 5.74) is 1.75. The van der Waals surface area contributed by atoms with Crippen molar-refractivity contribution in [3.8, 4) is 0 Å². The Balaban J connectivity index is 1.79. The lowest BCUT2D eigenvalue weighted by molar-refractivity contribution is 0.102. The summed E-state index contributed by atoms with van der Waals surface area (Å²) in [4.78, 5) is 18.0. The fourth-order valence-electron chi connectivity index (χ4n) is 2.43. The number of furan rings is 1. The number of thiazole rings is 1. The summed E-state index contributed by atoms with van der Waals surface area (Å²) in [5, 5.41) is 3.58.